The van der Waals surface area contributed by atoms with Gasteiger partial charge in [0.2, 0.25) is 0 Å². The lowest BCUT2D eigenvalue weighted by molar-refractivity contribution is -0.169. The van der Waals surface area contributed by atoms with Gasteiger partial charge in [-0.3, -0.25) is 9.59 Å². The third-order valence-electron chi connectivity index (χ3n) is 5.80. The molecule has 0 unspecified atom stereocenters. The number of fused-ring (bicyclic) bond motifs is 4. The zero-order chi connectivity index (χ0) is 16.1. The lowest BCUT2D eigenvalue weighted by Crippen LogP contribution is -2.41. The van der Waals surface area contributed by atoms with Crippen LogP contribution in [0.2, 0.25) is 0 Å². The second kappa shape index (κ2) is 5.08. The van der Waals surface area contributed by atoms with E-state index in [1.165, 1.54) is 14.2 Å². The van der Waals surface area contributed by atoms with Crippen molar-refractivity contribution < 1.29 is 23.8 Å². The third kappa shape index (κ3) is 2.02. The topological polar surface area (TPSA) is 61.8 Å². The molecule has 1 saturated heterocycles. The molecule has 122 valence electrons. The first-order valence-corrected chi connectivity index (χ1v) is 7.91. The Morgan fingerprint density at radius 1 is 1.27 bits per heavy atom. The Labute approximate surface area is 131 Å². The summed E-state index contributed by atoms with van der Waals surface area (Å²) in [5.74, 6) is -0.633. The molecule has 5 heteroatoms. The molecule has 2 bridgehead atoms. The molecule has 0 amide bonds. The van der Waals surface area contributed by atoms with Crippen LogP contribution >= 0.6 is 0 Å². The largest absolute Gasteiger partial charge is 0.468 e. The van der Waals surface area contributed by atoms with Crippen molar-refractivity contribution in [1.29, 1.82) is 0 Å². The Hall–Kier alpha value is -1.36. The number of hydrogen-bond acceptors (Lipinski definition) is 5. The van der Waals surface area contributed by atoms with E-state index < -0.39 is 17.4 Å². The number of carbonyl (C=O) groups is 2. The first-order valence-electron chi connectivity index (χ1n) is 7.91. The maximum atomic E-state index is 12.4. The number of methoxy groups -OCH3 is 2. The van der Waals surface area contributed by atoms with Gasteiger partial charge in [-0.25, -0.2) is 0 Å². The summed E-state index contributed by atoms with van der Waals surface area (Å²) in [7, 11) is 2.64. The lowest BCUT2D eigenvalue weighted by Gasteiger charge is -2.32. The summed E-state index contributed by atoms with van der Waals surface area (Å²) in [6.07, 6.45) is 5.23. The predicted octanol–water partition coefficient (Wildman–Crippen LogP) is 2.24. The van der Waals surface area contributed by atoms with E-state index >= 15 is 0 Å². The van der Waals surface area contributed by atoms with E-state index in [0.717, 1.165) is 18.4 Å². The molecule has 2 aliphatic heterocycles. The molecule has 0 N–H and O–H groups in total. The molecule has 5 nitrogen and oxygen atoms in total. The van der Waals surface area contributed by atoms with Gasteiger partial charge in [-0.05, 0) is 32.6 Å². The van der Waals surface area contributed by atoms with Crippen molar-refractivity contribution in [3.63, 3.8) is 0 Å². The SMILES string of the molecule is COC(=O)C1(C(=O)OC)CC2=C[C@@H](C)[C@H]3CC[C@](C)(O3)[C@H]2C1. The number of rotatable bonds is 2. The molecule has 2 heterocycles. The van der Waals surface area contributed by atoms with Crippen LogP contribution in [0.1, 0.15) is 39.5 Å². The fraction of sp³-hybridized carbons (Fsp3) is 0.765. The second-order valence-electron chi connectivity index (χ2n) is 7.11. The highest BCUT2D eigenvalue weighted by atomic mass is 16.5. The molecule has 0 aromatic carbocycles. The fourth-order valence-electron chi connectivity index (χ4n) is 4.56. The summed E-state index contributed by atoms with van der Waals surface area (Å²) in [4.78, 5) is 24.7. The first-order chi connectivity index (χ1) is 10.4. The van der Waals surface area contributed by atoms with Crippen molar-refractivity contribution in [2.24, 2.45) is 17.3 Å². The number of carbonyl (C=O) groups excluding carboxylic acids is 2. The van der Waals surface area contributed by atoms with Crippen molar-refractivity contribution in [2.75, 3.05) is 14.2 Å². The highest BCUT2D eigenvalue weighted by Gasteiger charge is 2.61. The second-order valence-corrected chi connectivity index (χ2v) is 7.11. The van der Waals surface area contributed by atoms with E-state index in [2.05, 4.69) is 19.9 Å². The van der Waals surface area contributed by atoms with E-state index in [4.69, 9.17) is 14.2 Å². The van der Waals surface area contributed by atoms with Gasteiger partial charge in [-0.2, -0.15) is 0 Å². The molecule has 3 aliphatic rings. The average Bonchev–Trinajstić information content (AvgIpc) is 3.06. The van der Waals surface area contributed by atoms with Crippen LogP contribution in [0.4, 0.5) is 0 Å². The Morgan fingerprint density at radius 2 is 1.91 bits per heavy atom. The predicted molar refractivity (Wildman–Crippen MR) is 78.9 cm³/mol. The van der Waals surface area contributed by atoms with Crippen LogP contribution in [-0.4, -0.2) is 37.9 Å². The number of esters is 2. The third-order valence-corrected chi connectivity index (χ3v) is 5.80. The van der Waals surface area contributed by atoms with Crippen molar-refractivity contribution >= 4 is 11.9 Å². The molecule has 3 rings (SSSR count). The molecular formula is C17H24O5. The summed E-state index contributed by atoms with van der Waals surface area (Å²) in [6.45, 7) is 4.25. The molecule has 22 heavy (non-hydrogen) atoms. The highest BCUT2D eigenvalue weighted by molar-refractivity contribution is 6.01. The van der Waals surface area contributed by atoms with Gasteiger partial charge in [0.15, 0.2) is 5.41 Å². The Kier molecular flexibility index (Phi) is 3.59. The summed E-state index contributed by atoms with van der Waals surface area (Å²) in [5.41, 5.74) is -0.375. The lowest BCUT2D eigenvalue weighted by atomic mass is 9.78. The maximum absolute atomic E-state index is 12.4. The first kappa shape index (κ1) is 15.5. The van der Waals surface area contributed by atoms with Gasteiger partial charge in [0.25, 0.3) is 0 Å². The normalized spacial score (nSPS) is 38.7. The molecule has 0 radical (unpaired) electrons. The molecule has 0 aromatic rings. The number of ether oxygens (including phenoxy) is 3. The summed E-state index contributed by atoms with van der Waals surface area (Å²) in [6, 6.07) is 0. The van der Waals surface area contributed by atoms with Crippen LogP contribution in [0.25, 0.3) is 0 Å². The van der Waals surface area contributed by atoms with Crippen LogP contribution < -0.4 is 0 Å². The quantitative estimate of drug-likeness (QED) is 0.445. The van der Waals surface area contributed by atoms with E-state index in [1.54, 1.807) is 0 Å². The molecule has 2 fully saturated rings. The van der Waals surface area contributed by atoms with E-state index in [1.807, 2.05) is 0 Å². The average molecular weight is 308 g/mol. The van der Waals surface area contributed by atoms with E-state index in [9.17, 15) is 9.59 Å². The summed E-state index contributed by atoms with van der Waals surface area (Å²) < 4.78 is 16.2. The molecule has 1 saturated carbocycles. The van der Waals surface area contributed by atoms with Gasteiger partial charge >= 0.3 is 11.9 Å². The monoisotopic (exact) mass is 308 g/mol. The standard InChI is InChI=1S/C17H24O5/c1-10-7-11-8-17(14(18)20-3,15(19)21-4)9-12(11)16(2)6-5-13(10)22-16/h7,10,12-13H,5-6,8-9H2,1-4H3/t10-,12+,13-,16+/m1/s1. The molecular weight excluding hydrogens is 284 g/mol. The Balaban J connectivity index is 2.03. The Morgan fingerprint density at radius 3 is 2.50 bits per heavy atom. The molecule has 0 spiro atoms. The van der Waals surface area contributed by atoms with Crippen LogP contribution in [0.15, 0.2) is 11.6 Å². The van der Waals surface area contributed by atoms with E-state index in [0.29, 0.717) is 18.8 Å². The van der Waals surface area contributed by atoms with Crippen LogP contribution in [0, 0.1) is 17.3 Å². The summed E-state index contributed by atoms with van der Waals surface area (Å²) >= 11 is 0. The van der Waals surface area contributed by atoms with Gasteiger partial charge in [0.05, 0.1) is 25.9 Å². The number of hydrogen-bond donors (Lipinski definition) is 0. The van der Waals surface area contributed by atoms with Crippen molar-refractivity contribution in [3.05, 3.63) is 11.6 Å². The molecule has 0 aromatic heterocycles. The van der Waals surface area contributed by atoms with E-state index in [-0.39, 0.29) is 17.6 Å². The van der Waals surface area contributed by atoms with Crippen LogP contribution in [0.3, 0.4) is 0 Å². The van der Waals surface area contributed by atoms with Gasteiger partial charge in [0.1, 0.15) is 0 Å². The van der Waals surface area contributed by atoms with Crippen molar-refractivity contribution in [3.8, 4) is 0 Å². The molecule has 4 atom stereocenters. The van der Waals surface area contributed by atoms with Crippen LogP contribution in [-0.2, 0) is 23.8 Å². The fourth-order valence-corrected chi connectivity index (χ4v) is 4.56. The zero-order valence-corrected chi connectivity index (χ0v) is 13.7. The minimum absolute atomic E-state index is 0.0700. The minimum Gasteiger partial charge on any atom is -0.468 e. The van der Waals surface area contributed by atoms with Crippen LogP contribution in [0.5, 0.6) is 0 Å². The molecule has 1 aliphatic carbocycles. The minimum atomic E-state index is -1.22. The van der Waals surface area contributed by atoms with Gasteiger partial charge < -0.3 is 14.2 Å². The van der Waals surface area contributed by atoms with Crippen molar-refractivity contribution in [1.82, 2.24) is 0 Å². The summed E-state index contributed by atoms with van der Waals surface area (Å²) in [5, 5.41) is 0. The van der Waals surface area contributed by atoms with Gasteiger partial charge in [-0.15, -0.1) is 0 Å². The van der Waals surface area contributed by atoms with Gasteiger partial charge in [-0.1, -0.05) is 18.6 Å². The Bertz CT molecular complexity index is 521. The van der Waals surface area contributed by atoms with Gasteiger partial charge in [0, 0.05) is 11.8 Å². The highest BCUT2D eigenvalue weighted by Crippen LogP contribution is 2.57. The smallest absolute Gasteiger partial charge is 0.323 e. The maximum Gasteiger partial charge on any atom is 0.323 e. The zero-order valence-electron chi connectivity index (χ0n) is 13.7. The van der Waals surface area contributed by atoms with Crippen molar-refractivity contribution in [2.45, 2.75) is 51.2 Å².